The third-order valence-corrected chi connectivity index (χ3v) is 6.73. The molecule has 3 aromatic carbocycles. The van der Waals surface area contributed by atoms with E-state index in [1.165, 1.54) is 0 Å². The van der Waals surface area contributed by atoms with Crippen LogP contribution in [0.1, 0.15) is 10.4 Å². The Hall–Kier alpha value is -2.15. The van der Waals surface area contributed by atoms with Crippen molar-refractivity contribution in [2.75, 3.05) is 12.0 Å². The average Bonchev–Trinajstić information content (AvgIpc) is 3.08. The number of carbonyl (C=O) groups excluding carboxylic acids is 1. The molecule has 146 valence electrons. The Morgan fingerprint density at radius 3 is 2.48 bits per heavy atom. The minimum Gasteiger partial charge on any atom is -0.316 e. The van der Waals surface area contributed by atoms with Gasteiger partial charge in [0.2, 0.25) is 0 Å². The molecule has 6 heteroatoms. The summed E-state index contributed by atoms with van der Waals surface area (Å²) in [6, 6.07) is 24.0. The average molecular weight is 483 g/mol. The van der Waals surface area contributed by atoms with Crippen LogP contribution in [0.25, 0.3) is 21.3 Å². The van der Waals surface area contributed by atoms with Crippen LogP contribution in [-0.2, 0) is 6.54 Å². The predicted molar refractivity (Wildman–Crippen MR) is 128 cm³/mol. The second kappa shape index (κ2) is 9.11. The number of halogens is 1. The Balaban J connectivity index is 1.70. The van der Waals surface area contributed by atoms with Crippen LogP contribution in [0.3, 0.4) is 0 Å². The molecule has 0 saturated carbocycles. The Morgan fingerprint density at radius 2 is 1.76 bits per heavy atom. The Labute approximate surface area is 186 Å². The highest BCUT2D eigenvalue weighted by molar-refractivity contribution is 9.10. The van der Waals surface area contributed by atoms with E-state index in [1.807, 2.05) is 48.5 Å². The lowest BCUT2D eigenvalue weighted by Gasteiger charge is -2.04. The molecule has 1 heterocycles. The van der Waals surface area contributed by atoms with Gasteiger partial charge in [-0.05, 0) is 47.7 Å². The van der Waals surface area contributed by atoms with E-state index >= 15 is 0 Å². The highest BCUT2D eigenvalue weighted by atomic mass is 79.9. The molecule has 3 nitrogen and oxygen atoms in total. The van der Waals surface area contributed by atoms with Crippen molar-refractivity contribution in [3.63, 3.8) is 0 Å². The van der Waals surface area contributed by atoms with Crippen molar-refractivity contribution in [1.29, 1.82) is 0 Å². The number of benzene rings is 3. The summed E-state index contributed by atoms with van der Waals surface area (Å²) < 4.78 is 4.28. The van der Waals surface area contributed by atoms with Gasteiger partial charge < -0.3 is 4.57 Å². The number of thiazole rings is 1. The van der Waals surface area contributed by atoms with E-state index < -0.39 is 0 Å². The van der Waals surface area contributed by atoms with Gasteiger partial charge in [0.25, 0.3) is 5.91 Å². The number of nitrogens with zero attached hydrogens (tertiary/aromatic N) is 2. The van der Waals surface area contributed by atoms with E-state index in [0.29, 0.717) is 5.56 Å². The minimum atomic E-state index is -0.215. The standard InChI is InChI=1S/C23H19BrN2OS2/c1-28-14-13-26-20-12-11-19(24)15-21(20)29-23(26)25-22(27)18-9-7-17(8-10-18)16-5-3-2-4-6-16/h2-12,15H,13-14H2,1H3. The van der Waals surface area contributed by atoms with Gasteiger partial charge in [-0.3, -0.25) is 4.79 Å². The van der Waals surface area contributed by atoms with Crippen LogP contribution in [-0.4, -0.2) is 22.5 Å². The SMILES string of the molecule is CSCCn1c(=NC(=O)c2ccc(-c3ccccc3)cc2)sc2cc(Br)ccc21. The van der Waals surface area contributed by atoms with E-state index in [2.05, 4.69) is 56.0 Å². The summed E-state index contributed by atoms with van der Waals surface area (Å²) >= 11 is 6.86. The number of thioether (sulfide) groups is 1. The summed E-state index contributed by atoms with van der Waals surface area (Å²) in [5.74, 6) is 0.753. The molecule has 4 aromatic rings. The minimum absolute atomic E-state index is 0.215. The molecule has 0 aliphatic heterocycles. The first-order valence-electron chi connectivity index (χ1n) is 9.18. The van der Waals surface area contributed by atoms with Crippen molar-refractivity contribution in [2.45, 2.75) is 6.54 Å². The van der Waals surface area contributed by atoms with E-state index in [4.69, 9.17) is 0 Å². The number of aromatic nitrogens is 1. The van der Waals surface area contributed by atoms with Gasteiger partial charge in [0, 0.05) is 22.3 Å². The third kappa shape index (κ3) is 4.55. The Kier molecular flexibility index (Phi) is 6.33. The first-order valence-corrected chi connectivity index (χ1v) is 12.2. The Bertz CT molecular complexity index is 1210. The number of aryl methyl sites for hydroxylation is 1. The van der Waals surface area contributed by atoms with E-state index in [1.54, 1.807) is 23.1 Å². The van der Waals surface area contributed by atoms with E-state index in [0.717, 1.165) is 42.9 Å². The first kappa shape index (κ1) is 20.1. The van der Waals surface area contributed by atoms with Gasteiger partial charge in [0.15, 0.2) is 4.80 Å². The van der Waals surface area contributed by atoms with Crippen molar-refractivity contribution in [3.8, 4) is 11.1 Å². The number of carbonyl (C=O) groups is 1. The smallest absolute Gasteiger partial charge is 0.279 e. The van der Waals surface area contributed by atoms with Crippen molar-refractivity contribution in [2.24, 2.45) is 4.99 Å². The molecule has 0 aliphatic carbocycles. The topological polar surface area (TPSA) is 34.4 Å². The van der Waals surface area contributed by atoms with Crippen LogP contribution in [0.15, 0.2) is 82.3 Å². The number of hydrogen-bond donors (Lipinski definition) is 0. The lowest BCUT2D eigenvalue weighted by molar-refractivity contribution is 0.0998. The molecule has 1 aromatic heterocycles. The van der Waals surface area contributed by atoms with Crippen molar-refractivity contribution in [3.05, 3.63) is 87.6 Å². The molecule has 0 aliphatic rings. The van der Waals surface area contributed by atoms with Crippen LogP contribution >= 0.6 is 39.0 Å². The second-order valence-electron chi connectivity index (χ2n) is 6.50. The molecule has 0 spiro atoms. The van der Waals surface area contributed by atoms with Gasteiger partial charge in [0.1, 0.15) is 0 Å². The van der Waals surface area contributed by atoms with Gasteiger partial charge in [-0.1, -0.05) is 69.7 Å². The molecule has 4 rings (SSSR count). The number of fused-ring (bicyclic) bond motifs is 1. The maximum absolute atomic E-state index is 12.8. The molecule has 1 amide bonds. The van der Waals surface area contributed by atoms with Crippen LogP contribution < -0.4 is 4.80 Å². The third-order valence-electron chi connectivity index (χ3n) is 4.60. The Morgan fingerprint density at radius 1 is 1.03 bits per heavy atom. The maximum atomic E-state index is 12.8. The number of rotatable bonds is 5. The predicted octanol–water partition coefficient (Wildman–Crippen LogP) is 6.24. The molecule has 0 N–H and O–H groups in total. The first-order chi connectivity index (χ1) is 14.2. The van der Waals surface area contributed by atoms with Crippen LogP contribution in [0.2, 0.25) is 0 Å². The molecule has 0 atom stereocenters. The molecule has 0 unspecified atom stereocenters. The summed E-state index contributed by atoms with van der Waals surface area (Å²) in [6.07, 6.45) is 2.09. The van der Waals surface area contributed by atoms with Crippen LogP contribution in [0.4, 0.5) is 0 Å². The van der Waals surface area contributed by atoms with Gasteiger partial charge in [0.05, 0.1) is 10.2 Å². The summed E-state index contributed by atoms with van der Waals surface area (Å²) in [4.78, 5) is 18.1. The van der Waals surface area contributed by atoms with E-state index in [-0.39, 0.29) is 5.91 Å². The summed E-state index contributed by atoms with van der Waals surface area (Å²) in [6.45, 7) is 0.821. The lowest BCUT2D eigenvalue weighted by Crippen LogP contribution is -2.18. The largest absolute Gasteiger partial charge is 0.316 e. The van der Waals surface area contributed by atoms with Crippen LogP contribution in [0.5, 0.6) is 0 Å². The fourth-order valence-corrected chi connectivity index (χ4v) is 5.09. The molecule has 0 radical (unpaired) electrons. The normalized spacial score (nSPS) is 11.9. The van der Waals surface area contributed by atoms with Gasteiger partial charge in [-0.15, -0.1) is 0 Å². The maximum Gasteiger partial charge on any atom is 0.279 e. The summed E-state index contributed by atoms with van der Waals surface area (Å²) in [5.41, 5.74) is 3.93. The molecular formula is C23H19BrN2OS2. The zero-order chi connectivity index (χ0) is 20.2. The molecule has 0 fully saturated rings. The summed E-state index contributed by atoms with van der Waals surface area (Å²) in [7, 11) is 0. The lowest BCUT2D eigenvalue weighted by atomic mass is 10.0. The monoisotopic (exact) mass is 482 g/mol. The second-order valence-corrected chi connectivity index (χ2v) is 9.41. The molecule has 0 bridgehead atoms. The molecular weight excluding hydrogens is 464 g/mol. The van der Waals surface area contributed by atoms with E-state index in [9.17, 15) is 4.79 Å². The fraction of sp³-hybridized carbons (Fsp3) is 0.130. The highest BCUT2D eigenvalue weighted by Gasteiger charge is 2.10. The highest BCUT2D eigenvalue weighted by Crippen LogP contribution is 2.23. The molecule has 0 saturated heterocycles. The summed E-state index contributed by atoms with van der Waals surface area (Å²) in [5, 5.41) is 0. The van der Waals surface area contributed by atoms with Crippen molar-refractivity contribution < 1.29 is 4.79 Å². The van der Waals surface area contributed by atoms with Gasteiger partial charge >= 0.3 is 0 Å². The van der Waals surface area contributed by atoms with Crippen molar-refractivity contribution >= 4 is 55.2 Å². The zero-order valence-electron chi connectivity index (χ0n) is 15.8. The van der Waals surface area contributed by atoms with Crippen molar-refractivity contribution in [1.82, 2.24) is 4.57 Å². The zero-order valence-corrected chi connectivity index (χ0v) is 19.1. The van der Waals surface area contributed by atoms with Crippen LogP contribution in [0, 0.1) is 0 Å². The fourth-order valence-electron chi connectivity index (χ4n) is 3.12. The van der Waals surface area contributed by atoms with Gasteiger partial charge in [-0.2, -0.15) is 16.8 Å². The van der Waals surface area contributed by atoms with Gasteiger partial charge in [-0.25, -0.2) is 0 Å². The number of amides is 1. The molecule has 29 heavy (non-hydrogen) atoms. The number of hydrogen-bond acceptors (Lipinski definition) is 3. The quantitative estimate of drug-likeness (QED) is 0.337.